The van der Waals surface area contributed by atoms with Crippen LogP contribution in [0.25, 0.3) is 10.8 Å². The van der Waals surface area contributed by atoms with E-state index in [1.807, 2.05) is 0 Å². The van der Waals surface area contributed by atoms with Crippen molar-refractivity contribution in [2.75, 3.05) is 26.2 Å². The maximum atomic E-state index is 5.92. The lowest BCUT2D eigenvalue weighted by molar-refractivity contribution is 0.214. The van der Waals surface area contributed by atoms with Gasteiger partial charge in [-0.2, -0.15) is 0 Å². The van der Waals surface area contributed by atoms with E-state index in [9.17, 15) is 0 Å². The van der Waals surface area contributed by atoms with Crippen LogP contribution >= 0.6 is 0 Å². The van der Waals surface area contributed by atoms with Gasteiger partial charge in [0.2, 0.25) is 0 Å². The number of nitrogens with zero attached hydrogens (tertiary/aromatic N) is 1. The van der Waals surface area contributed by atoms with Gasteiger partial charge in [0, 0.05) is 6.54 Å². The Morgan fingerprint density at radius 3 is 2.40 bits per heavy atom. The van der Waals surface area contributed by atoms with Crippen LogP contribution in [0.15, 0.2) is 42.5 Å². The SMILES string of the molecule is c1ccc2cc(OCCN3CCCCCC3)ccc2c1. The number of hydrogen-bond donors (Lipinski definition) is 0. The highest BCUT2D eigenvalue weighted by Gasteiger charge is 2.08. The van der Waals surface area contributed by atoms with Crippen LogP contribution in [0.4, 0.5) is 0 Å². The minimum atomic E-state index is 0.790. The Balaban J connectivity index is 1.54. The Labute approximate surface area is 121 Å². The molecule has 0 aromatic heterocycles. The third-order valence-corrected chi connectivity index (χ3v) is 4.10. The van der Waals surface area contributed by atoms with Crippen molar-refractivity contribution in [3.05, 3.63) is 42.5 Å². The summed E-state index contributed by atoms with van der Waals surface area (Å²) in [5.74, 6) is 0.985. The van der Waals surface area contributed by atoms with Crippen LogP contribution in [0.3, 0.4) is 0 Å². The predicted molar refractivity (Wildman–Crippen MR) is 84.4 cm³/mol. The quantitative estimate of drug-likeness (QED) is 0.828. The molecule has 20 heavy (non-hydrogen) atoms. The fourth-order valence-corrected chi connectivity index (χ4v) is 2.91. The van der Waals surface area contributed by atoms with E-state index in [1.54, 1.807) is 0 Å². The third-order valence-electron chi connectivity index (χ3n) is 4.10. The van der Waals surface area contributed by atoms with Crippen LogP contribution in [0.1, 0.15) is 25.7 Å². The Morgan fingerprint density at radius 1 is 0.850 bits per heavy atom. The Hall–Kier alpha value is -1.54. The van der Waals surface area contributed by atoms with Crippen molar-refractivity contribution < 1.29 is 4.74 Å². The zero-order valence-electron chi connectivity index (χ0n) is 12.1. The van der Waals surface area contributed by atoms with Gasteiger partial charge in [-0.15, -0.1) is 0 Å². The van der Waals surface area contributed by atoms with Gasteiger partial charge in [0.1, 0.15) is 12.4 Å². The lowest BCUT2D eigenvalue weighted by atomic mass is 10.1. The van der Waals surface area contributed by atoms with Crippen LogP contribution in [-0.2, 0) is 0 Å². The Morgan fingerprint density at radius 2 is 1.60 bits per heavy atom. The van der Waals surface area contributed by atoms with Crippen molar-refractivity contribution in [2.45, 2.75) is 25.7 Å². The summed E-state index contributed by atoms with van der Waals surface area (Å²) in [5, 5.41) is 2.52. The van der Waals surface area contributed by atoms with Gasteiger partial charge < -0.3 is 4.74 Å². The van der Waals surface area contributed by atoms with E-state index in [2.05, 4.69) is 47.4 Å². The number of fused-ring (bicyclic) bond motifs is 1. The second-order valence-corrected chi connectivity index (χ2v) is 5.61. The maximum absolute atomic E-state index is 5.92. The van der Waals surface area contributed by atoms with Crippen LogP contribution in [0.2, 0.25) is 0 Å². The Bertz CT molecular complexity index is 544. The van der Waals surface area contributed by atoms with Crippen LogP contribution in [0, 0.1) is 0 Å². The zero-order chi connectivity index (χ0) is 13.6. The minimum absolute atomic E-state index is 0.790. The molecule has 1 heterocycles. The van der Waals surface area contributed by atoms with Crippen LogP contribution in [-0.4, -0.2) is 31.1 Å². The van der Waals surface area contributed by atoms with Gasteiger partial charge in [-0.3, -0.25) is 4.90 Å². The molecule has 0 spiro atoms. The average Bonchev–Trinajstić information content (AvgIpc) is 2.76. The van der Waals surface area contributed by atoms with E-state index in [0.717, 1.165) is 18.9 Å². The first-order valence-electron chi connectivity index (χ1n) is 7.76. The molecule has 2 aromatic carbocycles. The molecule has 1 fully saturated rings. The molecule has 0 aliphatic carbocycles. The second-order valence-electron chi connectivity index (χ2n) is 5.61. The fraction of sp³-hybridized carbons (Fsp3) is 0.444. The number of likely N-dealkylation sites (tertiary alicyclic amines) is 1. The molecular formula is C18H23NO. The molecular weight excluding hydrogens is 246 g/mol. The smallest absolute Gasteiger partial charge is 0.120 e. The number of ether oxygens (including phenoxy) is 1. The molecule has 0 atom stereocenters. The predicted octanol–water partition coefficient (Wildman–Crippen LogP) is 4.09. The molecule has 0 unspecified atom stereocenters. The molecule has 2 nitrogen and oxygen atoms in total. The molecule has 1 aliphatic rings. The van der Waals surface area contributed by atoms with Crippen LogP contribution < -0.4 is 4.74 Å². The van der Waals surface area contributed by atoms with E-state index in [1.165, 1.54) is 49.5 Å². The highest BCUT2D eigenvalue weighted by atomic mass is 16.5. The van der Waals surface area contributed by atoms with E-state index in [-0.39, 0.29) is 0 Å². The largest absolute Gasteiger partial charge is 0.492 e. The molecule has 3 rings (SSSR count). The molecule has 0 N–H and O–H groups in total. The molecule has 2 heteroatoms. The van der Waals surface area contributed by atoms with Gasteiger partial charge in [-0.05, 0) is 48.8 Å². The summed E-state index contributed by atoms with van der Waals surface area (Å²) in [5.41, 5.74) is 0. The van der Waals surface area contributed by atoms with E-state index in [0.29, 0.717) is 0 Å². The first-order chi connectivity index (χ1) is 9.92. The summed E-state index contributed by atoms with van der Waals surface area (Å²) in [6.45, 7) is 4.31. The normalized spacial score (nSPS) is 17.0. The first-order valence-corrected chi connectivity index (χ1v) is 7.76. The number of benzene rings is 2. The molecule has 1 aliphatic heterocycles. The fourth-order valence-electron chi connectivity index (χ4n) is 2.91. The summed E-state index contributed by atoms with van der Waals surface area (Å²) in [6, 6.07) is 14.8. The number of hydrogen-bond acceptors (Lipinski definition) is 2. The van der Waals surface area contributed by atoms with Crippen molar-refractivity contribution in [1.29, 1.82) is 0 Å². The number of rotatable bonds is 4. The van der Waals surface area contributed by atoms with Crippen molar-refractivity contribution in [2.24, 2.45) is 0 Å². The zero-order valence-corrected chi connectivity index (χ0v) is 12.1. The van der Waals surface area contributed by atoms with Crippen molar-refractivity contribution in [3.63, 3.8) is 0 Å². The molecule has 1 saturated heterocycles. The van der Waals surface area contributed by atoms with Crippen molar-refractivity contribution >= 4 is 10.8 Å². The molecule has 0 bridgehead atoms. The van der Waals surface area contributed by atoms with E-state index in [4.69, 9.17) is 4.74 Å². The summed E-state index contributed by atoms with van der Waals surface area (Å²) < 4.78 is 5.92. The monoisotopic (exact) mass is 269 g/mol. The van der Waals surface area contributed by atoms with Crippen molar-refractivity contribution in [3.8, 4) is 5.75 Å². The highest BCUT2D eigenvalue weighted by molar-refractivity contribution is 5.83. The van der Waals surface area contributed by atoms with E-state index < -0.39 is 0 Å². The lowest BCUT2D eigenvalue weighted by Crippen LogP contribution is -2.29. The lowest BCUT2D eigenvalue weighted by Gasteiger charge is -2.19. The van der Waals surface area contributed by atoms with Gasteiger partial charge in [-0.25, -0.2) is 0 Å². The summed E-state index contributed by atoms with van der Waals surface area (Å²) in [4.78, 5) is 2.54. The Kier molecular flexibility index (Phi) is 4.54. The van der Waals surface area contributed by atoms with Gasteiger partial charge in [0.05, 0.1) is 0 Å². The summed E-state index contributed by atoms with van der Waals surface area (Å²) in [6.07, 6.45) is 5.47. The molecule has 106 valence electrons. The van der Waals surface area contributed by atoms with Gasteiger partial charge in [-0.1, -0.05) is 43.2 Å². The van der Waals surface area contributed by atoms with Gasteiger partial charge in [0.15, 0.2) is 0 Å². The third kappa shape index (κ3) is 3.51. The highest BCUT2D eigenvalue weighted by Crippen LogP contribution is 2.20. The summed E-state index contributed by atoms with van der Waals surface area (Å²) >= 11 is 0. The minimum Gasteiger partial charge on any atom is -0.492 e. The maximum Gasteiger partial charge on any atom is 0.120 e. The summed E-state index contributed by atoms with van der Waals surface area (Å²) in [7, 11) is 0. The van der Waals surface area contributed by atoms with E-state index >= 15 is 0 Å². The van der Waals surface area contributed by atoms with Crippen LogP contribution in [0.5, 0.6) is 5.75 Å². The topological polar surface area (TPSA) is 12.5 Å². The standard InChI is InChI=1S/C18H23NO/c1-2-6-12-19(11-5-1)13-14-20-18-10-9-16-7-3-4-8-17(16)15-18/h3-4,7-10,15H,1-2,5-6,11-14H2. The first kappa shape index (κ1) is 13.4. The van der Waals surface area contributed by atoms with Crippen molar-refractivity contribution in [1.82, 2.24) is 4.90 Å². The average molecular weight is 269 g/mol. The molecule has 0 saturated carbocycles. The molecule has 0 amide bonds. The second kappa shape index (κ2) is 6.76. The molecule has 0 radical (unpaired) electrons. The van der Waals surface area contributed by atoms with Gasteiger partial charge in [0.25, 0.3) is 0 Å². The van der Waals surface area contributed by atoms with Gasteiger partial charge >= 0.3 is 0 Å². The molecule has 2 aromatic rings.